The molecule has 1 atom stereocenters. The summed E-state index contributed by atoms with van der Waals surface area (Å²) in [7, 11) is 0. The lowest BCUT2D eigenvalue weighted by Crippen LogP contribution is -2.37. The summed E-state index contributed by atoms with van der Waals surface area (Å²) in [6.45, 7) is 0.548. The minimum atomic E-state index is -1.09. The van der Waals surface area contributed by atoms with Gasteiger partial charge in [-0.3, -0.25) is 4.79 Å². The Morgan fingerprint density at radius 3 is 2.94 bits per heavy atom. The van der Waals surface area contributed by atoms with E-state index in [-0.39, 0.29) is 11.6 Å². The first-order chi connectivity index (χ1) is 8.15. The predicted octanol–water partition coefficient (Wildman–Crippen LogP) is 2.81. The molecule has 1 fully saturated rings. The number of amides is 1. The van der Waals surface area contributed by atoms with Crippen molar-refractivity contribution in [1.29, 1.82) is 0 Å². The van der Waals surface area contributed by atoms with Gasteiger partial charge in [0.25, 0.3) is 5.91 Å². The number of halogens is 3. The van der Waals surface area contributed by atoms with Gasteiger partial charge in [-0.25, -0.2) is 8.78 Å². The fraction of sp³-hybridized carbons (Fsp3) is 0.417. The largest absolute Gasteiger partial charge is 0.334 e. The molecule has 1 aliphatic heterocycles. The van der Waals surface area contributed by atoms with Gasteiger partial charge in [0.15, 0.2) is 11.6 Å². The molecule has 1 aromatic rings. The normalized spacial score (nSPS) is 19.7. The van der Waals surface area contributed by atoms with Gasteiger partial charge in [0.1, 0.15) is 0 Å². The molecule has 2 nitrogen and oxygen atoms in total. The molecule has 1 saturated heterocycles. The van der Waals surface area contributed by atoms with E-state index in [0.717, 1.165) is 18.9 Å². The average Bonchev–Trinajstić information content (AvgIpc) is 2.80. The second-order valence-electron chi connectivity index (χ2n) is 4.05. The summed E-state index contributed by atoms with van der Waals surface area (Å²) in [6.07, 6.45) is 1.66. The van der Waals surface area contributed by atoms with E-state index >= 15 is 0 Å². The zero-order valence-corrected chi connectivity index (χ0v) is 9.88. The molecule has 0 spiro atoms. The van der Waals surface area contributed by atoms with Crippen molar-refractivity contribution in [3.8, 4) is 0 Å². The van der Waals surface area contributed by atoms with Crippen LogP contribution in [0.25, 0.3) is 0 Å². The Kier molecular flexibility index (Phi) is 3.62. The number of carbonyl (C=O) groups excluding carboxylic acids is 1. The summed E-state index contributed by atoms with van der Waals surface area (Å²) in [5, 5.41) is 0. The van der Waals surface area contributed by atoms with Crippen molar-refractivity contribution in [2.45, 2.75) is 18.9 Å². The SMILES string of the molecule is O=C(c1cccc(F)c1F)N1CCCC1CCl. The summed E-state index contributed by atoms with van der Waals surface area (Å²) in [4.78, 5) is 13.6. The van der Waals surface area contributed by atoms with Gasteiger partial charge >= 0.3 is 0 Å². The highest BCUT2D eigenvalue weighted by Crippen LogP contribution is 2.22. The fourth-order valence-electron chi connectivity index (χ4n) is 2.09. The van der Waals surface area contributed by atoms with Crippen molar-refractivity contribution in [1.82, 2.24) is 4.90 Å². The van der Waals surface area contributed by atoms with E-state index in [1.807, 2.05) is 0 Å². The summed E-state index contributed by atoms with van der Waals surface area (Å²) >= 11 is 5.74. The Labute approximate surface area is 103 Å². The summed E-state index contributed by atoms with van der Waals surface area (Å²) < 4.78 is 26.5. The van der Waals surface area contributed by atoms with Gasteiger partial charge in [0.05, 0.1) is 5.56 Å². The lowest BCUT2D eigenvalue weighted by atomic mass is 10.1. The molecule has 0 aromatic heterocycles. The fourth-order valence-corrected chi connectivity index (χ4v) is 2.41. The van der Waals surface area contributed by atoms with E-state index < -0.39 is 17.5 Å². The third kappa shape index (κ3) is 2.27. The number of hydrogen-bond donors (Lipinski definition) is 0. The Bertz CT molecular complexity index is 439. The number of alkyl halides is 1. The summed E-state index contributed by atoms with van der Waals surface area (Å²) in [6, 6.07) is 3.54. The molecule has 0 aliphatic carbocycles. The number of hydrogen-bond acceptors (Lipinski definition) is 1. The van der Waals surface area contributed by atoms with E-state index in [1.54, 1.807) is 0 Å². The van der Waals surface area contributed by atoms with Crippen LogP contribution in [0.3, 0.4) is 0 Å². The Balaban J connectivity index is 2.28. The molecular weight excluding hydrogens is 248 g/mol. The van der Waals surface area contributed by atoms with Crippen LogP contribution in [-0.4, -0.2) is 29.3 Å². The highest BCUT2D eigenvalue weighted by Gasteiger charge is 2.30. The summed E-state index contributed by atoms with van der Waals surface area (Å²) in [5.41, 5.74) is -0.220. The van der Waals surface area contributed by atoms with Crippen molar-refractivity contribution in [2.75, 3.05) is 12.4 Å². The number of rotatable bonds is 2. The van der Waals surface area contributed by atoms with Crippen LogP contribution >= 0.6 is 11.6 Å². The molecule has 1 aliphatic rings. The van der Waals surface area contributed by atoms with Crippen LogP contribution in [0.4, 0.5) is 8.78 Å². The molecule has 2 rings (SSSR count). The van der Waals surface area contributed by atoms with E-state index in [1.165, 1.54) is 17.0 Å². The molecule has 1 aromatic carbocycles. The minimum Gasteiger partial charge on any atom is -0.334 e. The average molecular weight is 260 g/mol. The summed E-state index contributed by atoms with van der Waals surface area (Å²) in [5.74, 6) is -2.25. The van der Waals surface area contributed by atoms with Crippen LogP contribution in [0, 0.1) is 11.6 Å². The number of benzene rings is 1. The van der Waals surface area contributed by atoms with E-state index in [2.05, 4.69) is 0 Å². The van der Waals surface area contributed by atoms with Crippen molar-refractivity contribution in [3.63, 3.8) is 0 Å². The van der Waals surface area contributed by atoms with E-state index in [4.69, 9.17) is 11.6 Å². The van der Waals surface area contributed by atoms with Crippen LogP contribution in [0.15, 0.2) is 18.2 Å². The first-order valence-corrected chi connectivity index (χ1v) is 5.99. The van der Waals surface area contributed by atoms with Gasteiger partial charge in [0, 0.05) is 18.5 Å². The number of nitrogens with zero attached hydrogens (tertiary/aromatic N) is 1. The second-order valence-corrected chi connectivity index (χ2v) is 4.36. The number of likely N-dealkylation sites (tertiary alicyclic amines) is 1. The lowest BCUT2D eigenvalue weighted by molar-refractivity contribution is 0.0743. The molecule has 0 N–H and O–H groups in total. The zero-order valence-electron chi connectivity index (χ0n) is 9.13. The minimum absolute atomic E-state index is 0.0770. The molecule has 0 radical (unpaired) electrons. The molecule has 1 amide bonds. The molecular formula is C12H12ClF2NO. The van der Waals surface area contributed by atoms with Crippen LogP contribution in [0.2, 0.25) is 0 Å². The van der Waals surface area contributed by atoms with E-state index in [0.29, 0.717) is 12.4 Å². The van der Waals surface area contributed by atoms with Gasteiger partial charge in [0.2, 0.25) is 0 Å². The standard InChI is InChI=1S/C12H12ClF2NO/c13-7-8-3-2-6-16(8)12(17)9-4-1-5-10(14)11(9)15/h1,4-5,8H,2-3,6-7H2. The molecule has 92 valence electrons. The molecule has 5 heteroatoms. The predicted molar refractivity (Wildman–Crippen MR) is 61.1 cm³/mol. The quantitative estimate of drug-likeness (QED) is 0.748. The van der Waals surface area contributed by atoms with Crippen LogP contribution < -0.4 is 0 Å². The Hall–Kier alpha value is -1.16. The van der Waals surface area contributed by atoms with Crippen LogP contribution in [0.1, 0.15) is 23.2 Å². The van der Waals surface area contributed by atoms with Gasteiger partial charge in [-0.1, -0.05) is 6.07 Å². The molecule has 1 unspecified atom stereocenters. The van der Waals surface area contributed by atoms with Gasteiger partial charge in [-0.15, -0.1) is 11.6 Å². The molecule has 1 heterocycles. The van der Waals surface area contributed by atoms with Crippen molar-refractivity contribution >= 4 is 17.5 Å². The maximum absolute atomic E-state index is 13.5. The van der Waals surface area contributed by atoms with Gasteiger partial charge in [-0.05, 0) is 25.0 Å². The third-order valence-electron chi connectivity index (χ3n) is 3.00. The van der Waals surface area contributed by atoms with Crippen molar-refractivity contribution in [3.05, 3.63) is 35.4 Å². The van der Waals surface area contributed by atoms with Gasteiger partial charge in [-0.2, -0.15) is 0 Å². The highest BCUT2D eigenvalue weighted by molar-refractivity contribution is 6.18. The first kappa shape index (κ1) is 12.3. The maximum atomic E-state index is 13.5. The smallest absolute Gasteiger partial charge is 0.257 e. The van der Waals surface area contributed by atoms with Crippen molar-refractivity contribution < 1.29 is 13.6 Å². The first-order valence-electron chi connectivity index (χ1n) is 5.46. The zero-order chi connectivity index (χ0) is 12.4. The lowest BCUT2D eigenvalue weighted by Gasteiger charge is -2.23. The maximum Gasteiger partial charge on any atom is 0.257 e. The molecule has 17 heavy (non-hydrogen) atoms. The monoisotopic (exact) mass is 259 g/mol. The second kappa shape index (κ2) is 5.00. The third-order valence-corrected chi connectivity index (χ3v) is 3.35. The molecule has 0 saturated carbocycles. The Morgan fingerprint density at radius 2 is 2.24 bits per heavy atom. The Morgan fingerprint density at radius 1 is 1.47 bits per heavy atom. The van der Waals surface area contributed by atoms with Crippen molar-refractivity contribution in [2.24, 2.45) is 0 Å². The number of carbonyl (C=O) groups is 1. The topological polar surface area (TPSA) is 20.3 Å². The van der Waals surface area contributed by atoms with Crippen LogP contribution in [-0.2, 0) is 0 Å². The molecule has 0 bridgehead atoms. The highest BCUT2D eigenvalue weighted by atomic mass is 35.5. The van der Waals surface area contributed by atoms with E-state index in [9.17, 15) is 13.6 Å². The van der Waals surface area contributed by atoms with Gasteiger partial charge < -0.3 is 4.90 Å². The van der Waals surface area contributed by atoms with Crippen LogP contribution in [0.5, 0.6) is 0 Å².